The second-order valence-electron chi connectivity index (χ2n) is 5.08. The third-order valence-electron chi connectivity index (χ3n) is 3.80. The second-order valence-corrected chi connectivity index (χ2v) is 5.08. The van der Waals surface area contributed by atoms with E-state index in [-0.39, 0.29) is 0 Å². The van der Waals surface area contributed by atoms with E-state index in [4.69, 9.17) is 5.41 Å². The van der Waals surface area contributed by atoms with Crippen molar-refractivity contribution in [2.45, 2.75) is 32.1 Å². The quantitative estimate of drug-likeness (QED) is 0.692. The molecule has 1 saturated carbocycles. The van der Waals surface area contributed by atoms with Crippen LogP contribution < -0.4 is 10.6 Å². The molecule has 1 aliphatic rings. The summed E-state index contributed by atoms with van der Waals surface area (Å²) in [4.78, 5) is 0. The molecule has 0 unspecified atom stereocenters. The van der Waals surface area contributed by atoms with Crippen molar-refractivity contribution in [2.75, 3.05) is 24.2 Å². The van der Waals surface area contributed by atoms with Crippen molar-refractivity contribution < 1.29 is 0 Å². The minimum atomic E-state index is 0.825. The lowest BCUT2D eigenvalue weighted by atomic mass is 9.89. The standard InChI is InChI=1S/C15H23N3/c1-17-15-8-7-14(9-13(15)10-16)18-11-12-5-3-2-4-6-12/h7-10,12,16-18H,2-6,11H2,1H3. The van der Waals surface area contributed by atoms with Crippen LogP contribution in [0.25, 0.3) is 0 Å². The van der Waals surface area contributed by atoms with Crippen LogP contribution in [0, 0.1) is 11.3 Å². The lowest BCUT2D eigenvalue weighted by Crippen LogP contribution is -2.17. The molecule has 0 atom stereocenters. The summed E-state index contributed by atoms with van der Waals surface area (Å²) >= 11 is 0. The van der Waals surface area contributed by atoms with Crippen LogP contribution in [0.5, 0.6) is 0 Å². The third kappa shape index (κ3) is 3.25. The van der Waals surface area contributed by atoms with E-state index in [1.54, 1.807) is 0 Å². The van der Waals surface area contributed by atoms with Gasteiger partial charge in [-0.1, -0.05) is 19.3 Å². The van der Waals surface area contributed by atoms with E-state index in [0.717, 1.165) is 29.4 Å². The molecule has 18 heavy (non-hydrogen) atoms. The van der Waals surface area contributed by atoms with Crippen LogP contribution in [0.2, 0.25) is 0 Å². The van der Waals surface area contributed by atoms with E-state index in [0.29, 0.717) is 0 Å². The average molecular weight is 245 g/mol. The van der Waals surface area contributed by atoms with E-state index < -0.39 is 0 Å². The van der Waals surface area contributed by atoms with Gasteiger partial charge in [0.05, 0.1) is 0 Å². The van der Waals surface area contributed by atoms with Crippen LogP contribution in [0.3, 0.4) is 0 Å². The molecule has 0 aromatic heterocycles. The predicted molar refractivity (Wildman–Crippen MR) is 78.9 cm³/mol. The summed E-state index contributed by atoms with van der Waals surface area (Å²) in [6.45, 7) is 1.07. The van der Waals surface area contributed by atoms with Crippen molar-refractivity contribution in [3.05, 3.63) is 23.8 Å². The van der Waals surface area contributed by atoms with Crippen LogP contribution in [-0.4, -0.2) is 19.8 Å². The first-order valence-corrected chi connectivity index (χ1v) is 6.89. The molecule has 3 N–H and O–H groups in total. The monoisotopic (exact) mass is 245 g/mol. The number of hydrogen-bond donors (Lipinski definition) is 3. The minimum Gasteiger partial charge on any atom is -0.388 e. The maximum absolute atomic E-state index is 7.42. The number of nitrogens with one attached hydrogen (secondary N) is 3. The summed E-state index contributed by atoms with van der Waals surface area (Å²) in [5.41, 5.74) is 3.07. The van der Waals surface area contributed by atoms with Crippen LogP contribution in [0.15, 0.2) is 18.2 Å². The van der Waals surface area contributed by atoms with Gasteiger partial charge in [0, 0.05) is 36.7 Å². The smallest absolute Gasteiger partial charge is 0.0428 e. The molecule has 0 heterocycles. The summed E-state index contributed by atoms with van der Waals surface area (Å²) in [6, 6.07) is 6.16. The number of anilines is 2. The SMILES string of the molecule is CNc1ccc(NCC2CCCCC2)cc1C=N. The molecule has 0 spiro atoms. The lowest BCUT2D eigenvalue weighted by Gasteiger charge is -2.22. The van der Waals surface area contributed by atoms with Gasteiger partial charge in [-0.15, -0.1) is 0 Å². The number of benzene rings is 1. The van der Waals surface area contributed by atoms with Gasteiger partial charge in [-0.05, 0) is 37.0 Å². The molecule has 98 valence electrons. The summed E-state index contributed by atoms with van der Waals surface area (Å²) in [5, 5.41) is 14.0. The Labute approximate surface area is 109 Å². The van der Waals surface area contributed by atoms with Gasteiger partial charge in [-0.3, -0.25) is 0 Å². The van der Waals surface area contributed by atoms with E-state index in [9.17, 15) is 0 Å². The highest BCUT2D eigenvalue weighted by Crippen LogP contribution is 2.25. The van der Waals surface area contributed by atoms with Crippen molar-refractivity contribution in [3.63, 3.8) is 0 Å². The first-order valence-electron chi connectivity index (χ1n) is 6.89. The molecular weight excluding hydrogens is 222 g/mol. The Balaban J connectivity index is 1.94. The largest absolute Gasteiger partial charge is 0.388 e. The molecule has 1 fully saturated rings. The molecule has 0 radical (unpaired) electrons. The van der Waals surface area contributed by atoms with Crippen LogP contribution in [0.1, 0.15) is 37.7 Å². The summed E-state index contributed by atoms with van der Waals surface area (Å²) < 4.78 is 0. The fourth-order valence-corrected chi connectivity index (χ4v) is 2.67. The maximum Gasteiger partial charge on any atom is 0.0428 e. The minimum absolute atomic E-state index is 0.825. The first kappa shape index (κ1) is 12.9. The van der Waals surface area contributed by atoms with Crippen molar-refractivity contribution >= 4 is 17.6 Å². The molecule has 0 amide bonds. The van der Waals surface area contributed by atoms with Gasteiger partial charge >= 0.3 is 0 Å². The normalized spacial score (nSPS) is 16.3. The van der Waals surface area contributed by atoms with Gasteiger partial charge in [0.25, 0.3) is 0 Å². The van der Waals surface area contributed by atoms with Gasteiger partial charge < -0.3 is 16.0 Å². The zero-order valence-corrected chi connectivity index (χ0v) is 11.1. The Morgan fingerprint density at radius 2 is 2.06 bits per heavy atom. The Bertz CT molecular complexity index is 395. The highest BCUT2D eigenvalue weighted by molar-refractivity contribution is 5.87. The maximum atomic E-state index is 7.42. The molecule has 0 bridgehead atoms. The van der Waals surface area contributed by atoms with E-state index in [2.05, 4.69) is 16.7 Å². The summed E-state index contributed by atoms with van der Waals surface area (Å²) in [7, 11) is 1.89. The predicted octanol–water partition coefficient (Wildman–Crippen LogP) is 3.72. The third-order valence-corrected chi connectivity index (χ3v) is 3.80. The lowest BCUT2D eigenvalue weighted by molar-refractivity contribution is 0.373. The molecule has 2 rings (SSSR count). The number of hydrogen-bond acceptors (Lipinski definition) is 3. The molecule has 1 aromatic rings. The zero-order chi connectivity index (χ0) is 12.8. The topological polar surface area (TPSA) is 47.9 Å². The van der Waals surface area contributed by atoms with Crippen LogP contribution in [-0.2, 0) is 0 Å². The van der Waals surface area contributed by atoms with Gasteiger partial charge in [0.1, 0.15) is 0 Å². The van der Waals surface area contributed by atoms with Crippen LogP contribution in [0.4, 0.5) is 11.4 Å². The zero-order valence-electron chi connectivity index (χ0n) is 11.1. The summed E-state index contributed by atoms with van der Waals surface area (Å²) in [6.07, 6.45) is 8.30. The van der Waals surface area contributed by atoms with Gasteiger partial charge in [0.2, 0.25) is 0 Å². The van der Waals surface area contributed by atoms with Crippen LogP contribution >= 0.6 is 0 Å². The number of rotatable bonds is 5. The molecular formula is C15H23N3. The van der Waals surface area contributed by atoms with Crippen molar-refractivity contribution in [2.24, 2.45) is 5.92 Å². The van der Waals surface area contributed by atoms with E-state index >= 15 is 0 Å². The fourth-order valence-electron chi connectivity index (χ4n) is 2.67. The van der Waals surface area contributed by atoms with Crippen molar-refractivity contribution in [1.82, 2.24) is 0 Å². The Hall–Kier alpha value is -1.51. The molecule has 0 saturated heterocycles. The van der Waals surface area contributed by atoms with Crippen molar-refractivity contribution in [1.29, 1.82) is 5.41 Å². The van der Waals surface area contributed by atoms with E-state index in [1.165, 1.54) is 38.3 Å². The fraction of sp³-hybridized carbons (Fsp3) is 0.533. The molecule has 1 aromatic carbocycles. The molecule has 1 aliphatic carbocycles. The van der Waals surface area contributed by atoms with Gasteiger partial charge in [-0.2, -0.15) is 0 Å². The highest BCUT2D eigenvalue weighted by Gasteiger charge is 2.12. The summed E-state index contributed by atoms with van der Waals surface area (Å²) in [5.74, 6) is 0.825. The molecule has 0 aliphatic heterocycles. The Morgan fingerprint density at radius 3 is 2.72 bits per heavy atom. The molecule has 3 nitrogen and oxygen atoms in total. The van der Waals surface area contributed by atoms with Gasteiger partial charge in [0.15, 0.2) is 0 Å². The highest BCUT2D eigenvalue weighted by atomic mass is 14.9. The van der Waals surface area contributed by atoms with E-state index in [1.807, 2.05) is 19.2 Å². The van der Waals surface area contributed by atoms with Gasteiger partial charge in [-0.25, -0.2) is 0 Å². The average Bonchev–Trinajstić information content (AvgIpc) is 2.45. The Morgan fingerprint density at radius 1 is 1.28 bits per heavy atom. The molecule has 3 heteroatoms. The van der Waals surface area contributed by atoms with Crippen molar-refractivity contribution in [3.8, 4) is 0 Å². The first-order chi connectivity index (χ1) is 8.83. The second kappa shape index (κ2) is 6.43. The Kier molecular flexibility index (Phi) is 4.62.